The molecule has 1 unspecified atom stereocenters. The second-order valence-electron chi connectivity index (χ2n) is 12.5. The summed E-state index contributed by atoms with van der Waals surface area (Å²) in [7, 11) is 0. The molecule has 14 heteroatoms. The van der Waals surface area contributed by atoms with Gasteiger partial charge in [0.25, 0.3) is 0 Å². The molecule has 256 valence electrons. The van der Waals surface area contributed by atoms with Crippen LogP contribution in [0.1, 0.15) is 32.3 Å². The lowest BCUT2D eigenvalue weighted by molar-refractivity contribution is -0.192. The highest BCUT2D eigenvalue weighted by Crippen LogP contribution is 2.51. The van der Waals surface area contributed by atoms with Crippen molar-refractivity contribution in [1.82, 2.24) is 29.1 Å². The van der Waals surface area contributed by atoms with E-state index in [1.807, 2.05) is 48.5 Å². The van der Waals surface area contributed by atoms with E-state index in [0.717, 1.165) is 36.0 Å². The molecular weight excluding hydrogens is 634 g/mol. The number of nitrogens with zero attached hydrogens (tertiary/aromatic N) is 6. The Morgan fingerprint density at radius 2 is 1.69 bits per heavy atom. The van der Waals surface area contributed by atoms with Crippen molar-refractivity contribution in [1.29, 1.82) is 0 Å². The molecule has 1 aliphatic carbocycles. The van der Waals surface area contributed by atoms with E-state index in [0.29, 0.717) is 24.8 Å². The molecule has 49 heavy (non-hydrogen) atoms. The van der Waals surface area contributed by atoms with Gasteiger partial charge in [0.2, 0.25) is 5.79 Å². The molecule has 2 fully saturated rings. The number of hydrogen-bond donors (Lipinski definition) is 2. The van der Waals surface area contributed by atoms with E-state index in [-0.39, 0.29) is 36.6 Å². The number of benzene rings is 3. The van der Waals surface area contributed by atoms with Gasteiger partial charge in [0.05, 0.1) is 17.8 Å². The fraction of sp³-hybridized carbons (Fsp3) is 0.371. The molecule has 7 rings (SSSR count). The number of hydrogen-bond acceptors (Lipinski definition) is 9. The Morgan fingerprint density at radius 3 is 2.33 bits per heavy atom. The average Bonchev–Trinajstić information content (AvgIpc) is 3.52. The fourth-order valence-electron chi connectivity index (χ4n) is 6.49. The first-order valence-corrected chi connectivity index (χ1v) is 16.4. The maximum Gasteiger partial charge on any atom is 0.350 e. The third-order valence-corrected chi connectivity index (χ3v) is 9.38. The van der Waals surface area contributed by atoms with Gasteiger partial charge in [-0.05, 0) is 79.4 Å². The van der Waals surface area contributed by atoms with Gasteiger partial charge in [0.1, 0.15) is 55.6 Å². The van der Waals surface area contributed by atoms with Crippen molar-refractivity contribution in [2.75, 3.05) is 36.9 Å². The van der Waals surface area contributed by atoms with E-state index in [1.165, 1.54) is 29.5 Å². The van der Waals surface area contributed by atoms with Crippen LogP contribution in [0.25, 0.3) is 5.69 Å². The van der Waals surface area contributed by atoms with Crippen LogP contribution in [-0.2, 0) is 27.3 Å². The Kier molecular flexibility index (Phi) is 8.90. The van der Waals surface area contributed by atoms with Crippen LogP contribution in [-0.4, -0.2) is 61.5 Å². The van der Waals surface area contributed by atoms with Crippen molar-refractivity contribution in [3.8, 4) is 11.4 Å². The standard InChI is InChI=1S/C35H38F2N8O4/c1-3-34(17-24(34)2)45-33(46)44(23-42-45)28-9-5-26(6-10-28)39-14-15-40-27-7-11-29(12-8-27)47-18-30-19-48-35(49-30,20-43-22-38-21-41-43)31-13-4-25(36)16-32(31)37/h4-13,16,21-24,30,39-40H,3,14-15,17-20H2,1-2H3/t24-,30+,34-,35?/m1/s1. The van der Waals surface area contributed by atoms with Crippen LogP contribution < -0.4 is 21.1 Å². The van der Waals surface area contributed by atoms with E-state index in [2.05, 4.69) is 39.7 Å². The monoisotopic (exact) mass is 672 g/mol. The van der Waals surface area contributed by atoms with Gasteiger partial charge in [-0.3, -0.25) is 0 Å². The molecule has 2 aliphatic rings. The number of rotatable bonds is 14. The van der Waals surface area contributed by atoms with Crippen molar-refractivity contribution < 1.29 is 23.0 Å². The van der Waals surface area contributed by atoms with E-state index in [1.54, 1.807) is 15.6 Å². The van der Waals surface area contributed by atoms with Crippen molar-refractivity contribution in [3.63, 3.8) is 0 Å². The summed E-state index contributed by atoms with van der Waals surface area (Å²) in [6.45, 7) is 5.95. The molecule has 3 aromatic carbocycles. The molecule has 0 amide bonds. The largest absolute Gasteiger partial charge is 0.491 e. The van der Waals surface area contributed by atoms with Crippen molar-refractivity contribution >= 4 is 11.4 Å². The van der Waals surface area contributed by atoms with E-state index < -0.39 is 23.5 Å². The first-order chi connectivity index (χ1) is 23.8. The second kappa shape index (κ2) is 13.4. The Balaban J connectivity index is 0.875. The summed E-state index contributed by atoms with van der Waals surface area (Å²) in [6, 6.07) is 18.6. The lowest BCUT2D eigenvalue weighted by Crippen LogP contribution is -2.35. The first kappa shape index (κ1) is 32.5. The number of anilines is 2. The molecule has 0 spiro atoms. The zero-order chi connectivity index (χ0) is 34.0. The van der Waals surface area contributed by atoms with Crippen molar-refractivity contribution in [2.45, 2.75) is 50.7 Å². The lowest BCUT2D eigenvalue weighted by atomic mass is 10.0. The smallest absolute Gasteiger partial charge is 0.350 e. The van der Waals surface area contributed by atoms with Crippen molar-refractivity contribution in [3.05, 3.63) is 113 Å². The molecule has 2 N–H and O–H groups in total. The third kappa shape index (κ3) is 6.65. The maximum atomic E-state index is 14.8. The first-order valence-electron chi connectivity index (χ1n) is 16.4. The minimum atomic E-state index is -1.51. The molecule has 4 atom stereocenters. The Hall–Kier alpha value is -5.08. The lowest BCUT2D eigenvalue weighted by Gasteiger charge is -2.28. The van der Waals surface area contributed by atoms with Crippen LogP contribution in [0.5, 0.6) is 5.75 Å². The van der Waals surface area contributed by atoms with Gasteiger partial charge in [-0.1, -0.05) is 13.8 Å². The Labute approximate surface area is 281 Å². The minimum absolute atomic E-state index is 0.0272. The number of aromatic nitrogens is 6. The van der Waals surface area contributed by atoms with Gasteiger partial charge >= 0.3 is 5.69 Å². The summed E-state index contributed by atoms with van der Waals surface area (Å²) in [5.74, 6) is -1.89. The van der Waals surface area contributed by atoms with Gasteiger partial charge in [-0.15, -0.1) is 0 Å². The zero-order valence-corrected chi connectivity index (χ0v) is 27.3. The molecule has 3 heterocycles. The Bertz CT molecular complexity index is 1930. The summed E-state index contributed by atoms with van der Waals surface area (Å²) >= 11 is 0. The highest BCUT2D eigenvalue weighted by atomic mass is 19.1. The molecule has 2 aromatic heterocycles. The highest BCUT2D eigenvalue weighted by molar-refractivity contribution is 5.50. The van der Waals surface area contributed by atoms with Crippen LogP contribution in [0.4, 0.5) is 20.2 Å². The SMILES string of the molecule is CC[C@@]1(n2ncn(-c3ccc(NCCNc4ccc(OC[C@H]5COC(Cn6cncn6)(c6ccc(F)cc6F)O5)cc4)cc3)c2=O)C[C@H]1C. The number of ether oxygens (including phenoxy) is 3. The molecule has 1 saturated carbocycles. The van der Waals surface area contributed by atoms with Gasteiger partial charge in [-0.25, -0.2) is 32.5 Å². The van der Waals surface area contributed by atoms with Gasteiger partial charge < -0.3 is 24.8 Å². The average molecular weight is 673 g/mol. The number of halogens is 2. The van der Waals surface area contributed by atoms with E-state index >= 15 is 0 Å². The summed E-state index contributed by atoms with van der Waals surface area (Å²) in [5, 5.41) is 15.3. The van der Waals surface area contributed by atoms with Crippen LogP contribution in [0.2, 0.25) is 0 Å². The molecular formula is C35H38F2N8O4. The molecule has 12 nitrogen and oxygen atoms in total. The van der Waals surface area contributed by atoms with Gasteiger partial charge in [0.15, 0.2) is 0 Å². The van der Waals surface area contributed by atoms with Crippen LogP contribution >= 0.6 is 0 Å². The summed E-state index contributed by atoms with van der Waals surface area (Å²) in [5.41, 5.74) is 2.47. The molecule has 5 aromatic rings. The molecule has 0 bridgehead atoms. The van der Waals surface area contributed by atoms with Gasteiger partial charge in [0, 0.05) is 36.1 Å². The predicted molar refractivity (Wildman–Crippen MR) is 178 cm³/mol. The second-order valence-corrected chi connectivity index (χ2v) is 12.5. The van der Waals surface area contributed by atoms with Crippen LogP contribution in [0.15, 0.2) is 90.5 Å². The predicted octanol–water partition coefficient (Wildman–Crippen LogP) is 4.92. The van der Waals surface area contributed by atoms with Gasteiger partial charge in [-0.2, -0.15) is 10.2 Å². The number of nitrogens with one attached hydrogen (secondary N) is 2. The minimum Gasteiger partial charge on any atom is -0.491 e. The fourth-order valence-corrected chi connectivity index (χ4v) is 6.49. The zero-order valence-electron chi connectivity index (χ0n) is 27.3. The summed E-state index contributed by atoms with van der Waals surface area (Å²) in [6.07, 6.45) is 5.81. The van der Waals surface area contributed by atoms with E-state index in [9.17, 15) is 13.6 Å². The molecule has 0 radical (unpaired) electrons. The molecule has 1 aliphatic heterocycles. The van der Waals surface area contributed by atoms with Crippen molar-refractivity contribution in [2.24, 2.45) is 5.92 Å². The third-order valence-electron chi connectivity index (χ3n) is 9.38. The molecule has 1 saturated heterocycles. The normalized spacial score (nSPS) is 23.0. The summed E-state index contributed by atoms with van der Waals surface area (Å²) < 4.78 is 51.3. The Morgan fingerprint density at radius 1 is 0.980 bits per heavy atom. The maximum absolute atomic E-state index is 14.8. The topological polar surface area (TPSA) is 122 Å². The highest BCUT2D eigenvalue weighted by Gasteiger charge is 2.53. The van der Waals surface area contributed by atoms with E-state index in [4.69, 9.17) is 14.2 Å². The van der Waals surface area contributed by atoms with Crippen LogP contribution in [0.3, 0.4) is 0 Å². The quantitative estimate of drug-likeness (QED) is 0.158. The van der Waals surface area contributed by atoms with Crippen LogP contribution in [0, 0.1) is 17.6 Å². The summed E-state index contributed by atoms with van der Waals surface area (Å²) in [4.78, 5) is 17.0.